The molecule has 1 atom stereocenters. The van der Waals surface area contributed by atoms with E-state index in [2.05, 4.69) is 4.90 Å². The predicted molar refractivity (Wildman–Crippen MR) is 128 cm³/mol. The van der Waals surface area contributed by atoms with Gasteiger partial charge in [-0.05, 0) is 49.9 Å². The molecule has 3 heterocycles. The maximum Gasteiger partial charge on any atom is 0.332 e. The van der Waals surface area contributed by atoms with E-state index in [4.69, 9.17) is 9.72 Å². The largest absolute Gasteiger partial charge is 0.491 e. The second-order valence-corrected chi connectivity index (χ2v) is 9.01. The van der Waals surface area contributed by atoms with Crippen LogP contribution < -0.4 is 20.9 Å². The van der Waals surface area contributed by atoms with Gasteiger partial charge >= 0.3 is 5.69 Å². The van der Waals surface area contributed by atoms with Gasteiger partial charge in [0.1, 0.15) is 18.5 Å². The predicted octanol–water partition coefficient (Wildman–Crippen LogP) is 1.87. The summed E-state index contributed by atoms with van der Waals surface area (Å²) >= 11 is 0. The molecule has 0 aliphatic carbocycles. The van der Waals surface area contributed by atoms with Gasteiger partial charge in [0.2, 0.25) is 5.95 Å². The number of ether oxygens (including phenoxy) is 1. The summed E-state index contributed by atoms with van der Waals surface area (Å²) < 4.78 is 10.1. The first-order valence-electron chi connectivity index (χ1n) is 11.6. The smallest absolute Gasteiger partial charge is 0.332 e. The molecule has 0 unspecified atom stereocenters. The second kappa shape index (κ2) is 9.43. The highest BCUT2D eigenvalue weighted by molar-refractivity contribution is 5.74. The summed E-state index contributed by atoms with van der Waals surface area (Å²) in [6.45, 7) is 5.92. The number of rotatable bonds is 6. The van der Waals surface area contributed by atoms with Crippen LogP contribution in [0.4, 0.5) is 5.95 Å². The van der Waals surface area contributed by atoms with Gasteiger partial charge in [0.25, 0.3) is 5.56 Å². The lowest BCUT2D eigenvalue weighted by molar-refractivity contribution is 0.0936. The van der Waals surface area contributed by atoms with E-state index in [-0.39, 0.29) is 13.2 Å². The monoisotopic (exact) mass is 455 g/mol. The molecule has 3 aromatic rings. The van der Waals surface area contributed by atoms with Crippen LogP contribution in [0.3, 0.4) is 0 Å². The Balaban J connectivity index is 1.69. The number of aliphatic hydroxyl groups is 1. The van der Waals surface area contributed by atoms with Crippen molar-refractivity contribution in [2.24, 2.45) is 14.1 Å². The van der Waals surface area contributed by atoms with Gasteiger partial charge in [-0.25, -0.2) is 4.79 Å². The molecule has 9 heteroatoms. The van der Waals surface area contributed by atoms with Gasteiger partial charge in [-0.1, -0.05) is 18.9 Å². The third kappa shape index (κ3) is 4.55. The molecule has 1 saturated heterocycles. The number of hydrogen-bond acceptors (Lipinski definition) is 6. The minimum atomic E-state index is -0.864. The first-order chi connectivity index (χ1) is 15.8. The maximum absolute atomic E-state index is 13.1. The molecule has 33 heavy (non-hydrogen) atoms. The molecule has 178 valence electrons. The summed E-state index contributed by atoms with van der Waals surface area (Å²) in [7, 11) is 3.08. The van der Waals surface area contributed by atoms with E-state index in [1.165, 1.54) is 17.2 Å². The Morgan fingerprint density at radius 2 is 1.73 bits per heavy atom. The summed E-state index contributed by atoms with van der Waals surface area (Å²) in [5.41, 5.74) is 2.13. The van der Waals surface area contributed by atoms with Crippen molar-refractivity contribution in [3.8, 4) is 5.75 Å². The fourth-order valence-corrected chi connectivity index (χ4v) is 4.38. The summed E-state index contributed by atoms with van der Waals surface area (Å²) in [5.74, 6) is 1.31. The highest BCUT2D eigenvalue weighted by atomic mass is 16.5. The van der Waals surface area contributed by atoms with Crippen molar-refractivity contribution >= 4 is 17.1 Å². The Bertz CT molecular complexity index is 1260. The Hall–Kier alpha value is -3.07. The zero-order valence-corrected chi connectivity index (χ0v) is 19.9. The zero-order chi connectivity index (χ0) is 23.7. The van der Waals surface area contributed by atoms with Gasteiger partial charge in [0.15, 0.2) is 11.2 Å². The van der Waals surface area contributed by atoms with E-state index in [1.54, 1.807) is 11.6 Å². The van der Waals surface area contributed by atoms with Crippen molar-refractivity contribution in [2.75, 3.05) is 24.6 Å². The normalized spacial score (nSPS) is 15.6. The molecule has 9 nitrogen and oxygen atoms in total. The van der Waals surface area contributed by atoms with Crippen LogP contribution in [0.15, 0.2) is 27.8 Å². The molecule has 1 N–H and O–H groups in total. The molecule has 2 aromatic heterocycles. The second-order valence-electron chi connectivity index (χ2n) is 9.01. The first kappa shape index (κ1) is 23.1. The fraction of sp³-hybridized carbons (Fsp3) is 0.542. The van der Waals surface area contributed by atoms with E-state index in [9.17, 15) is 14.7 Å². The Morgan fingerprint density at radius 1 is 1.03 bits per heavy atom. The van der Waals surface area contributed by atoms with Crippen LogP contribution in [0.25, 0.3) is 11.2 Å². The molecule has 1 aromatic carbocycles. The number of aromatic nitrogens is 4. The first-order valence-corrected chi connectivity index (χ1v) is 11.6. The van der Waals surface area contributed by atoms with Gasteiger partial charge in [0, 0.05) is 27.2 Å². The van der Waals surface area contributed by atoms with Gasteiger partial charge in [-0.2, -0.15) is 4.98 Å². The summed E-state index contributed by atoms with van der Waals surface area (Å²) in [6, 6.07) is 5.82. The summed E-state index contributed by atoms with van der Waals surface area (Å²) in [5, 5.41) is 10.9. The fourth-order valence-electron chi connectivity index (χ4n) is 4.38. The van der Waals surface area contributed by atoms with Crippen LogP contribution in [0.2, 0.25) is 0 Å². The summed E-state index contributed by atoms with van der Waals surface area (Å²) in [6.07, 6.45) is 3.53. The number of hydrogen-bond donors (Lipinski definition) is 1. The average molecular weight is 456 g/mol. The van der Waals surface area contributed by atoms with Crippen molar-refractivity contribution in [3.63, 3.8) is 0 Å². The quantitative estimate of drug-likeness (QED) is 0.610. The van der Waals surface area contributed by atoms with Crippen molar-refractivity contribution < 1.29 is 9.84 Å². The lowest BCUT2D eigenvalue weighted by Gasteiger charge is -2.23. The maximum atomic E-state index is 13.1. The standard InChI is InChI=1S/C24H33N5O4/c1-16-9-10-19(13-17(16)2)33-15-18(30)14-29-20-21(26(3)24(32)27(4)22(20)31)25-23(29)28-11-7-5-6-8-12-28/h9-10,13,18,30H,5-8,11-12,14-15H2,1-4H3/t18-/m1/s1. The van der Waals surface area contributed by atoms with Crippen LogP contribution in [-0.4, -0.2) is 49.6 Å². The molecule has 0 amide bonds. The van der Waals surface area contributed by atoms with Crippen molar-refractivity contribution in [1.82, 2.24) is 18.7 Å². The topological polar surface area (TPSA) is 94.5 Å². The SMILES string of the molecule is Cc1ccc(OC[C@H](O)Cn2c(N3CCCCCC3)nc3c2c(=O)n(C)c(=O)n3C)cc1C. The highest BCUT2D eigenvalue weighted by Gasteiger charge is 2.25. The van der Waals surface area contributed by atoms with Crippen LogP contribution in [-0.2, 0) is 20.6 Å². The highest BCUT2D eigenvalue weighted by Crippen LogP contribution is 2.24. The number of fused-ring (bicyclic) bond motifs is 1. The Kier molecular flexibility index (Phi) is 6.60. The van der Waals surface area contributed by atoms with E-state index in [0.29, 0.717) is 22.9 Å². The van der Waals surface area contributed by atoms with Crippen LogP contribution in [0, 0.1) is 13.8 Å². The number of aliphatic hydroxyl groups excluding tert-OH is 1. The minimum absolute atomic E-state index is 0.0771. The number of benzene rings is 1. The Labute approximate surface area is 192 Å². The van der Waals surface area contributed by atoms with Crippen molar-refractivity contribution in [1.29, 1.82) is 0 Å². The number of aryl methyl sites for hydroxylation is 3. The average Bonchev–Trinajstić information content (AvgIpc) is 2.97. The summed E-state index contributed by atoms with van der Waals surface area (Å²) in [4.78, 5) is 32.4. The van der Waals surface area contributed by atoms with Gasteiger partial charge < -0.3 is 19.3 Å². The van der Waals surface area contributed by atoms with E-state index in [0.717, 1.165) is 48.9 Å². The zero-order valence-electron chi connectivity index (χ0n) is 19.9. The number of imidazole rings is 1. The van der Waals surface area contributed by atoms with Gasteiger partial charge in [-0.3, -0.25) is 13.9 Å². The third-order valence-electron chi connectivity index (χ3n) is 6.53. The van der Waals surface area contributed by atoms with E-state index < -0.39 is 17.4 Å². The molecule has 1 fully saturated rings. The van der Waals surface area contributed by atoms with Crippen molar-refractivity contribution in [2.45, 2.75) is 52.2 Å². The number of nitrogens with zero attached hydrogens (tertiary/aromatic N) is 5. The minimum Gasteiger partial charge on any atom is -0.491 e. The number of anilines is 1. The molecular formula is C24H33N5O4. The molecule has 0 bridgehead atoms. The van der Waals surface area contributed by atoms with Gasteiger partial charge in [-0.15, -0.1) is 0 Å². The molecule has 1 aliphatic heterocycles. The van der Waals surface area contributed by atoms with E-state index >= 15 is 0 Å². The molecule has 4 rings (SSSR count). The van der Waals surface area contributed by atoms with Crippen LogP contribution in [0.5, 0.6) is 5.75 Å². The molecule has 0 radical (unpaired) electrons. The molecule has 0 spiro atoms. The van der Waals surface area contributed by atoms with Crippen LogP contribution >= 0.6 is 0 Å². The Morgan fingerprint density at radius 3 is 2.39 bits per heavy atom. The lowest BCUT2D eigenvalue weighted by atomic mass is 10.1. The lowest BCUT2D eigenvalue weighted by Crippen LogP contribution is -2.38. The van der Waals surface area contributed by atoms with Crippen molar-refractivity contribution in [3.05, 3.63) is 50.2 Å². The molecule has 1 aliphatic rings. The van der Waals surface area contributed by atoms with Gasteiger partial charge in [0.05, 0.1) is 6.54 Å². The molecular weight excluding hydrogens is 422 g/mol. The third-order valence-corrected chi connectivity index (χ3v) is 6.53. The van der Waals surface area contributed by atoms with E-state index in [1.807, 2.05) is 32.0 Å². The molecule has 0 saturated carbocycles. The van der Waals surface area contributed by atoms with Crippen LogP contribution in [0.1, 0.15) is 36.8 Å².